The molecule has 0 atom stereocenters. The molecule has 2 aromatic heterocycles. The summed E-state index contributed by atoms with van der Waals surface area (Å²) in [5.41, 5.74) is 1.46. The quantitative estimate of drug-likeness (QED) is 0.774. The first kappa shape index (κ1) is 13.4. The first-order valence-corrected chi connectivity index (χ1v) is 8.32. The van der Waals surface area contributed by atoms with Crippen LogP contribution in [0.25, 0.3) is 10.9 Å². The molecule has 2 N–H and O–H groups in total. The van der Waals surface area contributed by atoms with Gasteiger partial charge in [0.25, 0.3) is 10.0 Å². The van der Waals surface area contributed by atoms with E-state index in [1.165, 1.54) is 6.20 Å². The Labute approximate surface area is 124 Å². The molecule has 0 unspecified atom stereocenters. The van der Waals surface area contributed by atoms with Gasteiger partial charge in [0.15, 0.2) is 0 Å². The molecule has 5 nitrogen and oxygen atoms in total. The molecule has 20 heavy (non-hydrogen) atoms. The zero-order valence-electron chi connectivity index (χ0n) is 10.3. The number of aromatic amines is 1. The zero-order valence-corrected chi connectivity index (χ0v) is 12.7. The van der Waals surface area contributed by atoms with Gasteiger partial charge in [-0.05, 0) is 42.7 Å². The van der Waals surface area contributed by atoms with Crippen LogP contribution in [0.3, 0.4) is 0 Å². The number of sulfonamides is 1. The Bertz CT molecular complexity index is 883. The third kappa shape index (κ3) is 2.39. The summed E-state index contributed by atoms with van der Waals surface area (Å²) in [6.45, 7) is 1.81. The number of fused-ring (bicyclic) bond motifs is 1. The van der Waals surface area contributed by atoms with Gasteiger partial charge in [-0.2, -0.15) is 4.37 Å². The number of aromatic nitrogens is 2. The van der Waals surface area contributed by atoms with Crippen LogP contribution < -0.4 is 4.72 Å². The fourth-order valence-electron chi connectivity index (χ4n) is 1.89. The number of hydrogen-bond acceptors (Lipinski definition) is 4. The fraction of sp³-hybridized carbons (Fsp3) is 0.0833. The van der Waals surface area contributed by atoms with E-state index >= 15 is 0 Å². The molecular formula is C12H10ClN3O2S2. The Morgan fingerprint density at radius 1 is 1.35 bits per heavy atom. The molecule has 0 aliphatic heterocycles. The summed E-state index contributed by atoms with van der Waals surface area (Å²) in [4.78, 5) is 3.10. The smallest absolute Gasteiger partial charge is 0.264 e. The highest BCUT2D eigenvalue weighted by Crippen LogP contribution is 2.28. The lowest BCUT2D eigenvalue weighted by atomic mass is 10.2. The second kappa shape index (κ2) is 4.76. The third-order valence-electron chi connectivity index (χ3n) is 2.76. The topological polar surface area (TPSA) is 74.8 Å². The number of H-pyrrole nitrogens is 1. The predicted octanol–water partition coefficient (Wildman–Crippen LogP) is 3.39. The monoisotopic (exact) mass is 327 g/mol. The van der Waals surface area contributed by atoms with Gasteiger partial charge in [0.2, 0.25) is 0 Å². The van der Waals surface area contributed by atoms with Gasteiger partial charge < -0.3 is 4.98 Å². The Morgan fingerprint density at radius 2 is 2.15 bits per heavy atom. The van der Waals surface area contributed by atoms with Crippen molar-refractivity contribution in [3.05, 3.63) is 41.2 Å². The van der Waals surface area contributed by atoms with E-state index in [0.717, 1.165) is 17.2 Å². The summed E-state index contributed by atoms with van der Waals surface area (Å²) in [5.74, 6) is 0. The van der Waals surface area contributed by atoms with Gasteiger partial charge in [-0.1, -0.05) is 11.6 Å². The van der Waals surface area contributed by atoms with E-state index in [0.29, 0.717) is 20.9 Å². The molecule has 2 heterocycles. The highest BCUT2D eigenvalue weighted by atomic mass is 35.5. The molecule has 0 spiro atoms. The van der Waals surface area contributed by atoms with Gasteiger partial charge in [-0.15, -0.1) is 0 Å². The zero-order chi connectivity index (χ0) is 14.3. The number of rotatable bonds is 3. The molecule has 3 rings (SSSR count). The number of halogens is 1. The first-order chi connectivity index (χ1) is 9.45. The van der Waals surface area contributed by atoms with Gasteiger partial charge >= 0.3 is 0 Å². The number of hydrogen-bond donors (Lipinski definition) is 2. The average Bonchev–Trinajstić information content (AvgIpc) is 2.94. The maximum Gasteiger partial charge on any atom is 0.264 e. The second-order valence-corrected chi connectivity index (χ2v) is 7.17. The Morgan fingerprint density at radius 3 is 2.85 bits per heavy atom. The van der Waals surface area contributed by atoms with Crippen molar-refractivity contribution in [2.45, 2.75) is 11.8 Å². The maximum atomic E-state index is 12.4. The van der Waals surface area contributed by atoms with Crippen LogP contribution in [0.4, 0.5) is 5.00 Å². The van der Waals surface area contributed by atoms with Crippen molar-refractivity contribution in [1.82, 2.24) is 9.36 Å². The summed E-state index contributed by atoms with van der Waals surface area (Å²) in [7, 11) is -3.65. The van der Waals surface area contributed by atoms with Gasteiger partial charge in [0, 0.05) is 22.1 Å². The van der Waals surface area contributed by atoms with E-state index in [1.54, 1.807) is 24.3 Å². The van der Waals surface area contributed by atoms with Crippen molar-refractivity contribution in [2.75, 3.05) is 4.72 Å². The minimum Gasteiger partial charge on any atom is -0.360 e. The van der Waals surface area contributed by atoms with Gasteiger partial charge in [0.05, 0.1) is 5.69 Å². The van der Waals surface area contributed by atoms with Crippen LogP contribution in [-0.4, -0.2) is 17.8 Å². The highest BCUT2D eigenvalue weighted by molar-refractivity contribution is 7.93. The SMILES string of the molecule is Cc1cc(NS(=O)(=O)c2c[nH]c3cc(Cl)ccc23)sn1. The van der Waals surface area contributed by atoms with E-state index in [9.17, 15) is 8.42 Å². The molecule has 0 saturated carbocycles. The third-order valence-corrected chi connectivity index (χ3v) is 5.32. The summed E-state index contributed by atoms with van der Waals surface area (Å²) >= 11 is 6.99. The summed E-state index contributed by atoms with van der Waals surface area (Å²) < 4.78 is 31.3. The number of nitrogens with one attached hydrogen (secondary N) is 2. The first-order valence-electron chi connectivity index (χ1n) is 5.68. The lowest BCUT2D eigenvalue weighted by molar-refractivity contribution is 0.602. The predicted molar refractivity (Wildman–Crippen MR) is 81.0 cm³/mol. The summed E-state index contributed by atoms with van der Waals surface area (Å²) in [5, 5.41) is 1.64. The fourth-order valence-corrected chi connectivity index (χ4v) is 4.18. The van der Waals surface area contributed by atoms with Crippen LogP contribution >= 0.6 is 23.1 Å². The molecule has 8 heteroatoms. The average molecular weight is 328 g/mol. The van der Waals surface area contributed by atoms with Crippen LogP contribution in [0.2, 0.25) is 5.02 Å². The van der Waals surface area contributed by atoms with Crippen LogP contribution in [0, 0.1) is 6.92 Å². The molecular weight excluding hydrogens is 318 g/mol. The van der Waals surface area contributed by atoms with Gasteiger partial charge in [-0.25, -0.2) is 8.42 Å². The number of aryl methyl sites for hydroxylation is 1. The number of anilines is 1. The van der Waals surface area contributed by atoms with Crippen molar-refractivity contribution < 1.29 is 8.42 Å². The van der Waals surface area contributed by atoms with E-state index < -0.39 is 10.0 Å². The molecule has 0 bridgehead atoms. The van der Waals surface area contributed by atoms with Gasteiger partial charge in [0.1, 0.15) is 9.90 Å². The van der Waals surface area contributed by atoms with Crippen molar-refractivity contribution in [3.8, 4) is 0 Å². The number of nitrogens with zero attached hydrogens (tertiary/aromatic N) is 1. The van der Waals surface area contributed by atoms with E-state index in [-0.39, 0.29) is 4.90 Å². The van der Waals surface area contributed by atoms with Crippen molar-refractivity contribution >= 4 is 49.1 Å². The Kier molecular flexibility index (Phi) is 3.19. The van der Waals surface area contributed by atoms with E-state index in [1.807, 2.05) is 6.92 Å². The van der Waals surface area contributed by atoms with Crippen LogP contribution in [0.5, 0.6) is 0 Å². The maximum absolute atomic E-state index is 12.4. The second-order valence-electron chi connectivity index (χ2n) is 4.28. The van der Waals surface area contributed by atoms with Gasteiger partial charge in [-0.3, -0.25) is 4.72 Å². The molecule has 0 amide bonds. The molecule has 0 fully saturated rings. The summed E-state index contributed by atoms with van der Waals surface area (Å²) in [6.07, 6.45) is 1.46. The normalized spacial score (nSPS) is 11.9. The summed E-state index contributed by atoms with van der Waals surface area (Å²) in [6, 6.07) is 6.72. The minimum absolute atomic E-state index is 0.190. The van der Waals surface area contributed by atoms with E-state index in [4.69, 9.17) is 11.6 Å². The lowest BCUT2D eigenvalue weighted by Crippen LogP contribution is -2.11. The van der Waals surface area contributed by atoms with Crippen molar-refractivity contribution in [3.63, 3.8) is 0 Å². The Hall–Kier alpha value is -1.57. The van der Waals surface area contributed by atoms with Crippen LogP contribution in [0.1, 0.15) is 5.69 Å². The molecule has 0 radical (unpaired) electrons. The molecule has 3 aromatic rings. The molecule has 1 aromatic carbocycles. The molecule has 104 valence electrons. The van der Waals surface area contributed by atoms with Crippen LogP contribution in [-0.2, 0) is 10.0 Å². The lowest BCUT2D eigenvalue weighted by Gasteiger charge is -2.03. The largest absolute Gasteiger partial charge is 0.360 e. The molecule has 0 aliphatic carbocycles. The highest BCUT2D eigenvalue weighted by Gasteiger charge is 2.20. The standard InChI is InChI=1S/C12H10ClN3O2S2/c1-7-4-12(19-15-7)16-20(17,18)11-6-14-10-5-8(13)2-3-9(10)11/h2-6,14,16H,1H3. The minimum atomic E-state index is -3.65. The molecule has 0 saturated heterocycles. The van der Waals surface area contributed by atoms with Crippen molar-refractivity contribution in [2.24, 2.45) is 0 Å². The van der Waals surface area contributed by atoms with E-state index in [2.05, 4.69) is 14.1 Å². The van der Waals surface area contributed by atoms with Crippen molar-refractivity contribution in [1.29, 1.82) is 0 Å². The molecule has 0 aliphatic rings. The number of benzene rings is 1. The Balaban J connectivity index is 2.05. The van der Waals surface area contributed by atoms with Crippen LogP contribution in [0.15, 0.2) is 35.4 Å².